The number of rotatable bonds is 3. The number of nitrogens with zero attached hydrogens (tertiary/aromatic N) is 4. The number of para-hydroxylation sites is 2. The van der Waals surface area contributed by atoms with Gasteiger partial charge in [-0.3, -0.25) is 0 Å². The molecule has 0 fully saturated rings. The second-order valence-corrected chi connectivity index (χ2v) is 4.53. The number of hydrogen-bond donors (Lipinski definition) is 0. The van der Waals surface area contributed by atoms with Crippen LogP contribution in [-0.2, 0) is 0 Å². The lowest BCUT2D eigenvalue weighted by atomic mass is 10.1. The minimum absolute atomic E-state index is 0.355. The summed E-state index contributed by atoms with van der Waals surface area (Å²) in [6, 6.07) is 16.0. The molecular weight excluding hydrogens is 252 g/mol. The predicted octanol–water partition coefficient (Wildman–Crippen LogP) is 3.07. The standard InChI is InChI=1S/C15H14N4O/c1-11-7-6-8-12(2)14(11)20-15-16-17-18-19(15)13-9-4-3-5-10-13/h3-10H,1-2H3. The van der Waals surface area contributed by atoms with Gasteiger partial charge < -0.3 is 4.74 Å². The van der Waals surface area contributed by atoms with Gasteiger partial charge in [-0.1, -0.05) is 41.5 Å². The fourth-order valence-electron chi connectivity index (χ4n) is 2.03. The zero-order valence-electron chi connectivity index (χ0n) is 11.3. The number of hydrogen-bond acceptors (Lipinski definition) is 4. The molecule has 1 aromatic heterocycles. The third kappa shape index (κ3) is 2.25. The van der Waals surface area contributed by atoms with Gasteiger partial charge in [0.2, 0.25) is 0 Å². The number of benzene rings is 2. The largest absolute Gasteiger partial charge is 0.423 e. The van der Waals surface area contributed by atoms with Gasteiger partial charge in [0.1, 0.15) is 5.75 Å². The fraction of sp³-hybridized carbons (Fsp3) is 0.133. The van der Waals surface area contributed by atoms with E-state index in [9.17, 15) is 0 Å². The van der Waals surface area contributed by atoms with Crippen LogP contribution >= 0.6 is 0 Å². The minimum Gasteiger partial charge on any atom is -0.423 e. The van der Waals surface area contributed by atoms with Crippen molar-refractivity contribution >= 4 is 0 Å². The van der Waals surface area contributed by atoms with Crippen molar-refractivity contribution in [3.63, 3.8) is 0 Å². The van der Waals surface area contributed by atoms with Crippen molar-refractivity contribution in [3.8, 4) is 17.4 Å². The Morgan fingerprint density at radius 3 is 2.30 bits per heavy atom. The summed E-state index contributed by atoms with van der Waals surface area (Å²) in [6.07, 6.45) is 0. The molecule has 0 amide bonds. The van der Waals surface area contributed by atoms with E-state index in [2.05, 4.69) is 15.5 Å². The van der Waals surface area contributed by atoms with E-state index in [0.29, 0.717) is 6.01 Å². The van der Waals surface area contributed by atoms with E-state index in [4.69, 9.17) is 4.74 Å². The van der Waals surface area contributed by atoms with E-state index >= 15 is 0 Å². The Labute approximate surface area is 116 Å². The number of aryl methyl sites for hydroxylation is 2. The quantitative estimate of drug-likeness (QED) is 0.731. The Morgan fingerprint density at radius 2 is 1.60 bits per heavy atom. The molecule has 0 spiro atoms. The van der Waals surface area contributed by atoms with Crippen LogP contribution in [0.25, 0.3) is 5.69 Å². The normalized spacial score (nSPS) is 10.5. The Hall–Kier alpha value is -2.69. The SMILES string of the molecule is Cc1cccc(C)c1Oc1nnnn1-c1ccccc1. The van der Waals surface area contributed by atoms with E-state index in [0.717, 1.165) is 22.6 Å². The van der Waals surface area contributed by atoms with Crippen LogP contribution in [0.3, 0.4) is 0 Å². The molecule has 0 unspecified atom stereocenters. The third-order valence-corrected chi connectivity index (χ3v) is 3.04. The van der Waals surface area contributed by atoms with Crippen molar-refractivity contribution in [1.82, 2.24) is 20.2 Å². The highest BCUT2D eigenvalue weighted by atomic mass is 16.5. The van der Waals surface area contributed by atoms with Crippen LogP contribution in [0.1, 0.15) is 11.1 Å². The molecule has 3 rings (SSSR count). The summed E-state index contributed by atoms with van der Waals surface area (Å²) in [4.78, 5) is 0. The second kappa shape index (κ2) is 5.13. The summed E-state index contributed by atoms with van der Waals surface area (Å²) >= 11 is 0. The highest BCUT2D eigenvalue weighted by Crippen LogP contribution is 2.27. The summed E-state index contributed by atoms with van der Waals surface area (Å²) in [6.45, 7) is 4.00. The molecule has 0 saturated carbocycles. The second-order valence-electron chi connectivity index (χ2n) is 4.53. The zero-order valence-corrected chi connectivity index (χ0v) is 11.3. The first-order valence-electron chi connectivity index (χ1n) is 6.33. The van der Waals surface area contributed by atoms with Gasteiger partial charge in [0.25, 0.3) is 0 Å². The lowest BCUT2D eigenvalue weighted by molar-refractivity contribution is 0.421. The van der Waals surface area contributed by atoms with Crippen LogP contribution in [0.15, 0.2) is 48.5 Å². The van der Waals surface area contributed by atoms with Gasteiger partial charge in [-0.2, -0.15) is 4.68 Å². The van der Waals surface area contributed by atoms with Crippen molar-refractivity contribution < 1.29 is 4.74 Å². The van der Waals surface area contributed by atoms with Gasteiger partial charge in [0.15, 0.2) is 0 Å². The molecule has 1 heterocycles. The first kappa shape index (κ1) is 12.3. The van der Waals surface area contributed by atoms with Gasteiger partial charge >= 0.3 is 6.01 Å². The van der Waals surface area contributed by atoms with Gasteiger partial charge in [-0.05, 0) is 47.5 Å². The monoisotopic (exact) mass is 266 g/mol. The van der Waals surface area contributed by atoms with Crippen LogP contribution in [-0.4, -0.2) is 20.2 Å². The summed E-state index contributed by atoms with van der Waals surface area (Å²) in [5.74, 6) is 0.791. The third-order valence-electron chi connectivity index (χ3n) is 3.04. The van der Waals surface area contributed by atoms with Crippen LogP contribution in [0.2, 0.25) is 0 Å². The number of tetrazole rings is 1. The molecule has 0 N–H and O–H groups in total. The van der Waals surface area contributed by atoms with Crippen molar-refractivity contribution in [1.29, 1.82) is 0 Å². The molecule has 0 aliphatic heterocycles. The molecule has 0 saturated heterocycles. The predicted molar refractivity (Wildman–Crippen MR) is 75.1 cm³/mol. The smallest absolute Gasteiger partial charge is 0.345 e. The maximum Gasteiger partial charge on any atom is 0.345 e. The molecule has 0 atom stereocenters. The molecule has 0 aliphatic carbocycles. The molecule has 0 radical (unpaired) electrons. The first-order valence-corrected chi connectivity index (χ1v) is 6.33. The molecule has 20 heavy (non-hydrogen) atoms. The Kier molecular flexibility index (Phi) is 3.16. The summed E-state index contributed by atoms with van der Waals surface area (Å²) in [7, 11) is 0. The molecule has 0 aliphatic rings. The maximum atomic E-state index is 5.89. The number of aromatic nitrogens is 4. The lowest BCUT2D eigenvalue weighted by Crippen LogP contribution is -2.01. The molecular formula is C15H14N4O. The van der Waals surface area contributed by atoms with E-state index in [1.54, 1.807) is 4.68 Å². The summed E-state index contributed by atoms with van der Waals surface area (Å²) < 4.78 is 7.47. The van der Waals surface area contributed by atoms with E-state index in [1.807, 2.05) is 62.4 Å². The Bertz CT molecular complexity index is 701. The first-order chi connectivity index (χ1) is 9.75. The summed E-state index contributed by atoms with van der Waals surface area (Å²) in [5.41, 5.74) is 2.96. The van der Waals surface area contributed by atoms with Crippen molar-refractivity contribution in [2.45, 2.75) is 13.8 Å². The van der Waals surface area contributed by atoms with E-state index in [-0.39, 0.29) is 0 Å². The fourth-order valence-corrected chi connectivity index (χ4v) is 2.03. The van der Waals surface area contributed by atoms with Gasteiger partial charge in [-0.15, -0.1) is 0 Å². The van der Waals surface area contributed by atoms with Gasteiger partial charge in [-0.25, -0.2) is 0 Å². The highest BCUT2D eigenvalue weighted by molar-refractivity contribution is 5.42. The average molecular weight is 266 g/mol. The molecule has 3 aromatic rings. The van der Waals surface area contributed by atoms with E-state index in [1.165, 1.54) is 0 Å². The zero-order chi connectivity index (χ0) is 13.9. The Morgan fingerprint density at radius 1 is 0.900 bits per heavy atom. The van der Waals surface area contributed by atoms with Crippen molar-refractivity contribution in [2.75, 3.05) is 0 Å². The topological polar surface area (TPSA) is 52.8 Å². The Balaban J connectivity index is 1.99. The van der Waals surface area contributed by atoms with Gasteiger partial charge in [0.05, 0.1) is 5.69 Å². The van der Waals surface area contributed by atoms with Crippen molar-refractivity contribution in [2.24, 2.45) is 0 Å². The van der Waals surface area contributed by atoms with Gasteiger partial charge in [0, 0.05) is 0 Å². The molecule has 0 bridgehead atoms. The van der Waals surface area contributed by atoms with Crippen LogP contribution in [0.4, 0.5) is 0 Å². The average Bonchev–Trinajstić information content (AvgIpc) is 2.92. The molecule has 5 heteroatoms. The highest BCUT2D eigenvalue weighted by Gasteiger charge is 2.13. The van der Waals surface area contributed by atoms with Crippen LogP contribution < -0.4 is 4.74 Å². The van der Waals surface area contributed by atoms with Crippen molar-refractivity contribution in [3.05, 3.63) is 59.7 Å². The number of ether oxygens (including phenoxy) is 1. The van der Waals surface area contributed by atoms with Crippen LogP contribution in [0.5, 0.6) is 11.8 Å². The maximum absolute atomic E-state index is 5.89. The summed E-state index contributed by atoms with van der Waals surface area (Å²) in [5, 5.41) is 11.6. The van der Waals surface area contributed by atoms with E-state index < -0.39 is 0 Å². The minimum atomic E-state index is 0.355. The molecule has 100 valence electrons. The molecule has 2 aromatic carbocycles. The lowest BCUT2D eigenvalue weighted by Gasteiger charge is -2.10. The van der Waals surface area contributed by atoms with Crippen LogP contribution in [0, 0.1) is 13.8 Å². The molecule has 5 nitrogen and oxygen atoms in total.